The minimum absolute atomic E-state index is 1.000. The Morgan fingerprint density at radius 3 is 2.88 bits per heavy atom. The van der Waals surface area contributed by atoms with Crippen molar-refractivity contribution in [2.75, 3.05) is 30.4 Å². The molecule has 0 saturated carbocycles. The van der Waals surface area contributed by atoms with Crippen LogP contribution in [-0.2, 0) is 7.05 Å². The van der Waals surface area contributed by atoms with Crippen LogP contribution in [0.3, 0.4) is 0 Å². The molecule has 0 bridgehead atoms. The normalized spacial score (nSPS) is 14.4. The fourth-order valence-electron chi connectivity index (χ4n) is 2.24. The molecular formula is C13H16N4. The average molecular weight is 228 g/mol. The first-order valence-electron chi connectivity index (χ1n) is 5.82. The van der Waals surface area contributed by atoms with Crippen LogP contribution in [-0.4, -0.2) is 29.9 Å². The van der Waals surface area contributed by atoms with Gasteiger partial charge in [0.2, 0.25) is 0 Å². The lowest BCUT2D eigenvalue weighted by Gasteiger charge is -2.28. The minimum Gasteiger partial charge on any atom is -0.382 e. The molecule has 0 aliphatic carbocycles. The molecule has 0 saturated heterocycles. The van der Waals surface area contributed by atoms with Crippen LogP contribution in [0.25, 0.3) is 11.1 Å². The Bertz CT molecular complexity index is 544. The van der Waals surface area contributed by atoms with Gasteiger partial charge in [-0.1, -0.05) is 6.07 Å². The Hall–Kier alpha value is -1.97. The van der Waals surface area contributed by atoms with Crippen LogP contribution in [0, 0.1) is 0 Å². The molecule has 0 atom stereocenters. The van der Waals surface area contributed by atoms with Crippen molar-refractivity contribution in [2.24, 2.45) is 7.05 Å². The van der Waals surface area contributed by atoms with Crippen molar-refractivity contribution in [3.63, 3.8) is 0 Å². The molecule has 1 aromatic heterocycles. The zero-order valence-corrected chi connectivity index (χ0v) is 10.1. The first-order valence-corrected chi connectivity index (χ1v) is 5.82. The molecule has 0 radical (unpaired) electrons. The molecule has 0 amide bonds. The van der Waals surface area contributed by atoms with Gasteiger partial charge in [0.25, 0.3) is 0 Å². The van der Waals surface area contributed by atoms with Crippen molar-refractivity contribution >= 4 is 11.4 Å². The minimum atomic E-state index is 1.000. The van der Waals surface area contributed by atoms with Gasteiger partial charge in [-0.2, -0.15) is 5.10 Å². The lowest BCUT2D eigenvalue weighted by molar-refractivity contribution is 0.768. The zero-order valence-electron chi connectivity index (χ0n) is 10.1. The predicted octanol–water partition coefficient (Wildman–Crippen LogP) is 1.95. The molecule has 88 valence electrons. The lowest BCUT2D eigenvalue weighted by Crippen LogP contribution is -2.30. The van der Waals surface area contributed by atoms with Crippen LogP contribution in [0.5, 0.6) is 0 Å². The van der Waals surface area contributed by atoms with Crippen LogP contribution in [0.2, 0.25) is 0 Å². The van der Waals surface area contributed by atoms with Gasteiger partial charge in [-0.15, -0.1) is 0 Å². The Balaban J connectivity index is 2.03. The summed E-state index contributed by atoms with van der Waals surface area (Å²) in [5.41, 5.74) is 4.84. The molecule has 4 heteroatoms. The van der Waals surface area contributed by atoms with Crippen LogP contribution in [0.4, 0.5) is 11.4 Å². The van der Waals surface area contributed by atoms with Gasteiger partial charge in [0.15, 0.2) is 0 Å². The van der Waals surface area contributed by atoms with Crippen LogP contribution in [0.15, 0.2) is 30.6 Å². The van der Waals surface area contributed by atoms with E-state index in [0.717, 1.165) is 18.7 Å². The van der Waals surface area contributed by atoms with Crippen molar-refractivity contribution in [3.05, 3.63) is 30.6 Å². The first-order chi connectivity index (χ1) is 8.24. The fraction of sp³-hybridized carbons (Fsp3) is 0.308. The smallest absolute Gasteiger partial charge is 0.0600 e. The monoisotopic (exact) mass is 228 g/mol. The van der Waals surface area contributed by atoms with Gasteiger partial charge in [-0.3, -0.25) is 4.68 Å². The van der Waals surface area contributed by atoms with Gasteiger partial charge in [0.05, 0.1) is 17.6 Å². The highest BCUT2D eigenvalue weighted by Crippen LogP contribution is 2.32. The van der Waals surface area contributed by atoms with Crippen molar-refractivity contribution in [2.45, 2.75) is 0 Å². The Labute approximate surface area is 101 Å². The first kappa shape index (κ1) is 10.2. The summed E-state index contributed by atoms with van der Waals surface area (Å²) in [6.45, 7) is 2.05. The molecule has 3 rings (SSSR count). The second-order valence-corrected chi connectivity index (χ2v) is 4.48. The quantitative estimate of drug-likeness (QED) is 0.810. The van der Waals surface area contributed by atoms with E-state index in [1.807, 2.05) is 24.1 Å². The molecule has 2 aromatic rings. The molecule has 0 unspecified atom stereocenters. The maximum atomic E-state index is 4.21. The summed E-state index contributed by atoms with van der Waals surface area (Å²) < 4.78 is 1.83. The zero-order chi connectivity index (χ0) is 11.8. The Morgan fingerprint density at radius 2 is 2.12 bits per heavy atom. The Kier molecular flexibility index (Phi) is 2.28. The van der Waals surface area contributed by atoms with Crippen molar-refractivity contribution in [1.82, 2.24) is 9.78 Å². The van der Waals surface area contributed by atoms with E-state index < -0.39 is 0 Å². The molecule has 1 N–H and O–H groups in total. The molecule has 2 heterocycles. The number of rotatable bonds is 1. The van der Waals surface area contributed by atoms with E-state index in [-0.39, 0.29) is 0 Å². The van der Waals surface area contributed by atoms with E-state index in [4.69, 9.17) is 0 Å². The van der Waals surface area contributed by atoms with Gasteiger partial charge in [0.1, 0.15) is 0 Å². The number of nitrogens with one attached hydrogen (secondary N) is 1. The molecule has 1 aliphatic rings. The number of aromatic nitrogens is 2. The van der Waals surface area contributed by atoms with E-state index in [2.05, 4.69) is 40.6 Å². The molecule has 4 nitrogen and oxygen atoms in total. The van der Waals surface area contributed by atoms with Crippen LogP contribution in [0.1, 0.15) is 0 Å². The van der Waals surface area contributed by atoms with Crippen molar-refractivity contribution in [3.8, 4) is 11.1 Å². The third-order valence-electron chi connectivity index (χ3n) is 3.21. The average Bonchev–Trinajstić information content (AvgIpc) is 2.76. The Morgan fingerprint density at radius 1 is 1.24 bits per heavy atom. The number of benzene rings is 1. The molecule has 1 aliphatic heterocycles. The molecule has 0 spiro atoms. The maximum Gasteiger partial charge on any atom is 0.0600 e. The summed E-state index contributed by atoms with van der Waals surface area (Å²) in [5, 5.41) is 7.65. The van der Waals surface area contributed by atoms with E-state index in [1.54, 1.807) is 0 Å². The molecule has 17 heavy (non-hydrogen) atoms. The summed E-state index contributed by atoms with van der Waals surface area (Å²) in [5.74, 6) is 0. The molecule has 0 fully saturated rings. The van der Waals surface area contributed by atoms with Crippen molar-refractivity contribution in [1.29, 1.82) is 0 Å². The number of aryl methyl sites for hydroxylation is 1. The summed E-state index contributed by atoms with van der Waals surface area (Å²) in [7, 11) is 4.07. The van der Waals surface area contributed by atoms with Crippen LogP contribution >= 0.6 is 0 Å². The topological polar surface area (TPSA) is 33.1 Å². The third kappa shape index (κ3) is 1.75. The summed E-state index contributed by atoms with van der Waals surface area (Å²) in [6.07, 6.45) is 3.93. The number of likely N-dealkylation sites (N-methyl/N-ethyl adjacent to an activating group) is 1. The fourth-order valence-corrected chi connectivity index (χ4v) is 2.24. The second-order valence-electron chi connectivity index (χ2n) is 4.48. The number of hydrogen-bond donors (Lipinski definition) is 1. The van der Waals surface area contributed by atoms with Gasteiger partial charge >= 0.3 is 0 Å². The predicted molar refractivity (Wildman–Crippen MR) is 70.4 cm³/mol. The number of nitrogens with zero attached hydrogens (tertiary/aromatic N) is 3. The number of hydrogen-bond acceptors (Lipinski definition) is 3. The summed E-state index contributed by atoms with van der Waals surface area (Å²) in [4.78, 5) is 2.28. The van der Waals surface area contributed by atoms with E-state index in [1.165, 1.54) is 16.9 Å². The van der Waals surface area contributed by atoms with Gasteiger partial charge in [-0.25, -0.2) is 0 Å². The van der Waals surface area contributed by atoms with Crippen molar-refractivity contribution < 1.29 is 0 Å². The highest BCUT2D eigenvalue weighted by Gasteiger charge is 2.13. The summed E-state index contributed by atoms with van der Waals surface area (Å²) in [6, 6.07) is 6.52. The van der Waals surface area contributed by atoms with E-state index >= 15 is 0 Å². The van der Waals surface area contributed by atoms with Gasteiger partial charge < -0.3 is 10.2 Å². The second kappa shape index (κ2) is 3.80. The highest BCUT2D eigenvalue weighted by molar-refractivity contribution is 5.78. The highest BCUT2D eigenvalue weighted by atomic mass is 15.2. The molecular weight excluding hydrogens is 212 g/mol. The maximum absolute atomic E-state index is 4.21. The van der Waals surface area contributed by atoms with Crippen LogP contribution < -0.4 is 10.2 Å². The SMILES string of the molecule is CN1CCNc2cc(-c3cnn(C)c3)ccc21. The van der Waals surface area contributed by atoms with E-state index in [0.29, 0.717) is 0 Å². The van der Waals surface area contributed by atoms with Gasteiger partial charge in [-0.05, 0) is 17.7 Å². The molecule has 1 aromatic carbocycles. The largest absolute Gasteiger partial charge is 0.382 e. The van der Waals surface area contributed by atoms with Gasteiger partial charge in [0, 0.05) is 38.9 Å². The summed E-state index contributed by atoms with van der Waals surface area (Å²) >= 11 is 0. The third-order valence-corrected chi connectivity index (χ3v) is 3.21. The number of anilines is 2. The lowest BCUT2D eigenvalue weighted by atomic mass is 10.1. The number of fused-ring (bicyclic) bond motifs is 1. The van der Waals surface area contributed by atoms with E-state index in [9.17, 15) is 0 Å². The standard InChI is InChI=1S/C13H16N4/c1-16-6-5-14-12-7-10(3-4-13(12)16)11-8-15-17(2)9-11/h3-4,7-9,14H,5-6H2,1-2H3.